The third-order valence-corrected chi connectivity index (χ3v) is 4.99. The Morgan fingerprint density at radius 3 is 2.50 bits per heavy atom. The number of piperazine rings is 1. The summed E-state index contributed by atoms with van der Waals surface area (Å²) >= 11 is 6.07. The van der Waals surface area contributed by atoms with Crippen LogP contribution in [0.5, 0.6) is 5.75 Å². The zero-order chi connectivity index (χ0) is 20.1. The molecule has 0 aliphatic carbocycles. The van der Waals surface area contributed by atoms with Gasteiger partial charge in [0.05, 0.1) is 5.02 Å². The molecule has 148 valence electrons. The van der Waals surface area contributed by atoms with Gasteiger partial charge in [-0.15, -0.1) is 0 Å². The number of rotatable bonds is 5. The van der Waals surface area contributed by atoms with E-state index in [0.29, 0.717) is 35.1 Å². The number of nitrogens with one attached hydrogen (secondary N) is 1. The maximum Gasteiger partial charge on any atom is 0.265 e. The van der Waals surface area contributed by atoms with Crippen molar-refractivity contribution in [3.05, 3.63) is 59.1 Å². The number of anilines is 1. The number of halogens is 1. The average molecular weight is 402 g/mol. The number of carbonyl (C=O) groups excluding carboxylic acids is 2. The molecule has 7 heteroatoms. The van der Waals surface area contributed by atoms with Gasteiger partial charge in [0.25, 0.3) is 11.8 Å². The molecule has 1 atom stereocenters. The van der Waals surface area contributed by atoms with Crippen LogP contribution < -0.4 is 10.1 Å². The topological polar surface area (TPSA) is 61.9 Å². The second-order valence-electron chi connectivity index (χ2n) is 6.86. The van der Waals surface area contributed by atoms with Crippen LogP contribution in [0.15, 0.2) is 48.5 Å². The van der Waals surface area contributed by atoms with Crippen molar-refractivity contribution >= 4 is 29.1 Å². The van der Waals surface area contributed by atoms with E-state index >= 15 is 0 Å². The number of para-hydroxylation sites is 1. The van der Waals surface area contributed by atoms with E-state index in [-0.39, 0.29) is 11.8 Å². The first-order valence-electron chi connectivity index (χ1n) is 9.24. The molecule has 2 aromatic carbocycles. The van der Waals surface area contributed by atoms with E-state index in [4.69, 9.17) is 16.3 Å². The molecular weight excluding hydrogens is 378 g/mol. The van der Waals surface area contributed by atoms with Gasteiger partial charge in [-0.05, 0) is 44.3 Å². The molecule has 0 bridgehead atoms. The fraction of sp³-hybridized carbons (Fsp3) is 0.333. The minimum absolute atomic E-state index is 0.0236. The minimum Gasteiger partial charge on any atom is -0.479 e. The molecule has 1 aliphatic rings. The number of hydrogen-bond donors (Lipinski definition) is 1. The number of amides is 2. The van der Waals surface area contributed by atoms with Crippen LogP contribution in [0.25, 0.3) is 0 Å². The quantitative estimate of drug-likeness (QED) is 0.836. The van der Waals surface area contributed by atoms with Crippen LogP contribution >= 0.6 is 11.6 Å². The van der Waals surface area contributed by atoms with Crippen LogP contribution in [-0.2, 0) is 4.79 Å². The molecule has 1 aliphatic heterocycles. The molecule has 0 saturated carbocycles. The van der Waals surface area contributed by atoms with Gasteiger partial charge >= 0.3 is 0 Å². The molecular formula is C21H24ClN3O3. The van der Waals surface area contributed by atoms with Crippen molar-refractivity contribution in [3.8, 4) is 5.75 Å². The second-order valence-corrected chi connectivity index (χ2v) is 7.26. The normalized spacial score (nSPS) is 15.8. The summed E-state index contributed by atoms with van der Waals surface area (Å²) in [5.41, 5.74) is 1.11. The van der Waals surface area contributed by atoms with E-state index in [2.05, 4.69) is 10.2 Å². The first-order chi connectivity index (χ1) is 13.4. The zero-order valence-electron chi connectivity index (χ0n) is 16.0. The molecule has 0 spiro atoms. The Bertz CT molecular complexity index is 850. The summed E-state index contributed by atoms with van der Waals surface area (Å²) in [6.07, 6.45) is -0.739. The van der Waals surface area contributed by atoms with Gasteiger partial charge in [0.1, 0.15) is 5.75 Å². The van der Waals surface area contributed by atoms with E-state index < -0.39 is 6.10 Å². The highest BCUT2D eigenvalue weighted by molar-refractivity contribution is 6.32. The molecule has 0 aromatic heterocycles. The molecule has 6 nitrogen and oxygen atoms in total. The van der Waals surface area contributed by atoms with Gasteiger partial charge in [0.15, 0.2) is 6.10 Å². The summed E-state index contributed by atoms with van der Waals surface area (Å²) < 4.78 is 5.64. The number of nitrogens with zero attached hydrogens (tertiary/aromatic N) is 2. The van der Waals surface area contributed by atoms with E-state index in [9.17, 15) is 9.59 Å². The van der Waals surface area contributed by atoms with Crippen LogP contribution in [-0.4, -0.2) is 60.9 Å². The fourth-order valence-corrected chi connectivity index (χ4v) is 3.13. The van der Waals surface area contributed by atoms with E-state index in [1.165, 1.54) is 0 Å². The predicted molar refractivity (Wildman–Crippen MR) is 110 cm³/mol. The van der Waals surface area contributed by atoms with Crippen molar-refractivity contribution in [3.63, 3.8) is 0 Å². The number of carbonyl (C=O) groups is 2. The Morgan fingerprint density at radius 1 is 1.07 bits per heavy atom. The molecule has 1 fully saturated rings. The van der Waals surface area contributed by atoms with E-state index in [0.717, 1.165) is 13.1 Å². The van der Waals surface area contributed by atoms with Gasteiger partial charge in [-0.3, -0.25) is 9.59 Å². The number of benzene rings is 2. The van der Waals surface area contributed by atoms with Crippen molar-refractivity contribution in [2.45, 2.75) is 13.0 Å². The van der Waals surface area contributed by atoms with Gasteiger partial charge in [-0.25, -0.2) is 0 Å². The Morgan fingerprint density at radius 2 is 1.79 bits per heavy atom. The predicted octanol–water partition coefficient (Wildman–Crippen LogP) is 3.13. The molecule has 3 rings (SSSR count). The lowest BCUT2D eigenvalue weighted by Gasteiger charge is -2.32. The molecule has 2 aromatic rings. The first kappa shape index (κ1) is 20.2. The second kappa shape index (κ2) is 9.08. The Kier molecular flexibility index (Phi) is 6.54. The van der Waals surface area contributed by atoms with E-state index in [1.54, 1.807) is 55.5 Å². The molecule has 1 N–H and O–H groups in total. The fourth-order valence-electron chi connectivity index (χ4n) is 2.95. The highest BCUT2D eigenvalue weighted by atomic mass is 35.5. The third kappa shape index (κ3) is 5.03. The van der Waals surface area contributed by atoms with E-state index in [1.807, 2.05) is 11.9 Å². The maximum atomic E-state index is 12.7. The van der Waals surface area contributed by atoms with Gasteiger partial charge in [0, 0.05) is 37.4 Å². The molecule has 28 heavy (non-hydrogen) atoms. The standard InChI is InChI=1S/C21H24ClN3O3/c1-15(28-19-9-4-3-8-18(19)22)20(26)23-17-7-5-6-16(14-17)21(27)25-12-10-24(2)11-13-25/h3-9,14-15H,10-13H2,1-2H3,(H,23,26). The van der Waals surface area contributed by atoms with Crippen molar-refractivity contribution in [2.24, 2.45) is 0 Å². The maximum absolute atomic E-state index is 12.7. The first-order valence-corrected chi connectivity index (χ1v) is 9.62. The lowest BCUT2D eigenvalue weighted by Crippen LogP contribution is -2.47. The highest BCUT2D eigenvalue weighted by Gasteiger charge is 2.21. The summed E-state index contributed by atoms with van der Waals surface area (Å²) in [4.78, 5) is 29.2. The highest BCUT2D eigenvalue weighted by Crippen LogP contribution is 2.24. The lowest BCUT2D eigenvalue weighted by molar-refractivity contribution is -0.122. The number of ether oxygens (including phenoxy) is 1. The van der Waals surface area contributed by atoms with Gasteiger partial charge in [-0.1, -0.05) is 29.8 Å². The molecule has 1 heterocycles. The van der Waals surface area contributed by atoms with Crippen LogP contribution in [0, 0.1) is 0 Å². The lowest BCUT2D eigenvalue weighted by atomic mass is 10.1. The monoisotopic (exact) mass is 401 g/mol. The van der Waals surface area contributed by atoms with Crippen LogP contribution in [0.1, 0.15) is 17.3 Å². The average Bonchev–Trinajstić information content (AvgIpc) is 2.70. The van der Waals surface area contributed by atoms with Crippen LogP contribution in [0.4, 0.5) is 5.69 Å². The third-order valence-electron chi connectivity index (χ3n) is 4.68. The van der Waals surface area contributed by atoms with Gasteiger partial charge in [0.2, 0.25) is 0 Å². The Balaban J connectivity index is 1.63. The zero-order valence-corrected chi connectivity index (χ0v) is 16.8. The Hall–Kier alpha value is -2.57. The number of hydrogen-bond acceptors (Lipinski definition) is 4. The summed E-state index contributed by atoms with van der Waals surface area (Å²) in [6, 6.07) is 14.0. The van der Waals surface area contributed by atoms with Crippen molar-refractivity contribution in [2.75, 3.05) is 38.5 Å². The largest absolute Gasteiger partial charge is 0.479 e. The summed E-state index contributed by atoms with van der Waals surface area (Å²) in [5.74, 6) is 0.111. The van der Waals surface area contributed by atoms with Crippen molar-refractivity contribution in [1.82, 2.24) is 9.80 Å². The summed E-state index contributed by atoms with van der Waals surface area (Å²) in [6.45, 7) is 4.78. The molecule has 1 saturated heterocycles. The van der Waals surface area contributed by atoms with Crippen molar-refractivity contribution in [1.29, 1.82) is 0 Å². The molecule has 2 amide bonds. The van der Waals surface area contributed by atoms with Crippen LogP contribution in [0.2, 0.25) is 5.02 Å². The van der Waals surface area contributed by atoms with Crippen LogP contribution in [0.3, 0.4) is 0 Å². The van der Waals surface area contributed by atoms with Gasteiger partial charge < -0.3 is 19.9 Å². The molecule has 1 unspecified atom stereocenters. The Labute approximate surface area is 170 Å². The molecule has 0 radical (unpaired) electrons. The minimum atomic E-state index is -0.739. The van der Waals surface area contributed by atoms with Gasteiger partial charge in [-0.2, -0.15) is 0 Å². The van der Waals surface area contributed by atoms with Crippen molar-refractivity contribution < 1.29 is 14.3 Å². The number of likely N-dealkylation sites (N-methyl/N-ethyl adjacent to an activating group) is 1. The SMILES string of the molecule is CC(Oc1ccccc1Cl)C(=O)Nc1cccc(C(=O)N2CCN(C)CC2)c1. The smallest absolute Gasteiger partial charge is 0.265 e. The summed E-state index contributed by atoms with van der Waals surface area (Å²) in [7, 11) is 2.05. The summed E-state index contributed by atoms with van der Waals surface area (Å²) in [5, 5.41) is 3.25.